The van der Waals surface area contributed by atoms with Crippen LogP contribution >= 0.6 is 11.6 Å². The fraction of sp³-hybridized carbons (Fsp3) is 0.444. The van der Waals surface area contributed by atoms with Crippen LogP contribution in [0.2, 0.25) is 5.02 Å². The Morgan fingerprint density at radius 1 is 1.37 bits per heavy atom. The molecule has 6 atom stereocenters. The van der Waals surface area contributed by atoms with Crippen LogP contribution < -0.4 is 10.1 Å². The molecule has 1 aromatic carbocycles. The molecular formula is C27H26ClF3N4O5S. The van der Waals surface area contributed by atoms with Crippen molar-refractivity contribution >= 4 is 50.9 Å². The van der Waals surface area contributed by atoms with E-state index in [1.807, 2.05) is 0 Å². The number of nitrogens with one attached hydrogen (secondary N) is 1. The number of carbonyl (C=O) groups is 1. The molecule has 2 fully saturated rings. The third kappa shape index (κ3) is 4.97. The number of likely N-dealkylation sites (tertiary alicyclic amines) is 1. The second-order valence-electron chi connectivity index (χ2n) is 10.5. The summed E-state index contributed by atoms with van der Waals surface area (Å²) < 4.78 is 68.4. The van der Waals surface area contributed by atoms with Gasteiger partial charge in [0.2, 0.25) is 5.88 Å². The number of hydrogen-bond acceptors (Lipinski definition) is 8. The molecule has 2 saturated heterocycles. The second-order valence-corrected chi connectivity index (χ2v) is 12.6. The summed E-state index contributed by atoms with van der Waals surface area (Å²) in [6, 6.07) is 7.13. The first kappa shape index (κ1) is 28.0. The molecular weight excluding hydrogens is 585 g/mol. The summed E-state index contributed by atoms with van der Waals surface area (Å²) in [5.41, 5.74) is -1.06. The van der Waals surface area contributed by atoms with E-state index < -0.39 is 58.9 Å². The Bertz CT molecular complexity index is 1570. The van der Waals surface area contributed by atoms with Crippen LogP contribution in [0.15, 0.2) is 45.9 Å². The van der Waals surface area contributed by atoms with E-state index in [1.165, 1.54) is 17.2 Å². The molecule has 0 spiro atoms. The van der Waals surface area contributed by atoms with E-state index in [0.717, 1.165) is 0 Å². The molecule has 5 heterocycles. The Morgan fingerprint density at radius 3 is 2.88 bits per heavy atom. The zero-order chi connectivity index (χ0) is 29.1. The number of carboxylic acids is 1. The standard InChI is InChI=1S/C27H26ClF3N4O5S/c1-13-12-41(38)7-6-27(13,31)17-8-14(28)10-32-25(17)39-15-9-18(26(36)37)35(11-15)24-21-20(33-23(34-24)22(29)30)16-4-2-3-5-19(16)40-21/h2-5,8,10,13,15,18,22,24H,6-7,9,11-12H2,1H3,(H,33,34)(H,36,37)/t13-,15-,18-,24?,27+,41?/m0/s1. The highest BCUT2D eigenvalue weighted by Crippen LogP contribution is 2.47. The molecule has 0 saturated carbocycles. The predicted molar refractivity (Wildman–Crippen MR) is 147 cm³/mol. The summed E-state index contributed by atoms with van der Waals surface area (Å²) in [4.78, 5) is 22.2. The molecule has 218 valence electrons. The van der Waals surface area contributed by atoms with E-state index >= 15 is 4.39 Å². The number of fused-ring (bicyclic) bond motifs is 3. The van der Waals surface area contributed by atoms with E-state index in [1.54, 1.807) is 31.2 Å². The van der Waals surface area contributed by atoms with Gasteiger partial charge < -0.3 is 19.6 Å². The third-order valence-electron chi connectivity index (χ3n) is 7.93. The average molecular weight is 611 g/mol. The molecule has 3 aromatic rings. The molecule has 0 aliphatic carbocycles. The number of hydrogen-bond donors (Lipinski definition) is 2. The number of pyridine rings is 1. The van der Waals surface area contributed by atoms with Gasteiger partial charge in [-0.1, -0.05) is 30.7 Å². The number of aromatic nitrogens is 1. The van der Waals surface area contributed by atoms with Crippen molar-refractivity contribution in [3.8, 4) is 5.88 Å². The quantitative estimate of drug-likeness (QED) is 0.395. The minimum atomic E-state index is -2.94. The van der Waals surface area contributed by atoms with Crippen LogP contribution in [0.1, 0.15) is 37.3 Å². The Morgan fingerprint density at radius 2 is 2.15 bits per heavy atom. The van der Waals surface area contributed by atoms with Gasteiger partial charge in [-0.3, -0.25) is 13.9 Å². The predicted octanol–water partition coefficient (Wildman–Crippen LogP) is 5.13. The first-order valence-corrected chi connectivity index (χ1v) is 14.9. The van der Waals surface area contributed by atoms with Crippen molar-refractivity contribution in [2.45, 2.75) is 50.2 Å². The maximum Gasteiger partial charge on any atom is 0.321 e. The Labute approximate surface area is 240 Å². The topological polar surface area (TPSA) is 117 Å². The van der Waals surface area contributed by atoms with Crippen LogP contribution in [0, 0.1) is 5.92 Å². The van der Waals surface area contributed by atoms with E-state index in [4.69, 9.17) is 20.8 Å². The first-order valence-electron chi connectivity index (χ1n) is 13.0. The second kappa shape index (κ2) is 10.6. The molecule has 3 aliphatic heterocycles. The highest BCUT2D eigenvalue weighted by Gasteiger charge is 2.48. The van der Waals surface area contributed by atoms with Crippen molar-refractivity contribution in [2.75, 3.05) is 23.4 Å². The van der Waals surface area contributed by atoms with Gasteiger partial charge in [-0.25, -0.2) is 23.1 Å². The summed E-state index contributed by atoms with van der Waals surface area (Å²) in [5, 5.41) is 13.5. The molecule has 41 heavy (non-hydrogen) atoms. The van der Waals surface area contributed by atoms with Crippen molar-refractivity contribution in [3.05, 3.63) is 52.9 Å². The van der Waals surface area contributed by atoms with Gasteiger partial charge in [0.25, 0.3) is 6.43 Å². The van der Waals surface area contributed by atoms with Crippen LogP contribution in [0.4, 0.5) is 18.9 Å². The lowest BCUT2D eigenvalue weighted by molar-refractivity contribution is -0.143. The van der Waals surface area contributed by atoms with Crippen molar-refractivity contribution in [1.29, 1.82) is 0 Å². The zero-order valence-electron chi connectivity index (χ0n) is 21.7. The van der Waals surface area contributed by atoms with Crippen molar-refractivity contribution in [2.24, 2.45) is 10.9 Å². The third-order valence-corrected chi connectivity index (χ3v) is 9.67. The van der Waals surface area contributed by atoms with Gasteiger partial charge in [-0.05, 0) is 24.6 Å². The molecule has 3 aliphatic rings. The normalized spacial score (nSPS) is 30.2. The minimum absolute atomic E-state index is 0.0112. The number of aliphatic carboxylic acids is 1. The number of alkyl halides is 3. The number of carboxylic acid groups (broad SMARTS) is 1. The van der Waals surface area contributed by atoms with E-state index in [0.29, 0.717) is 16.7 Å². The van der Waals surface area contributed by atoms with Gasteiger partial charge in [0, 0.05) is 52.8 Å². The number of benzene rings is 1. The SMILES string of the molecule is C[C@H]1CS(=O)CC[C@]1(F)c1cc(Cl)cnc1O[C@H]1C[C@@H](C(=O)O)N(C2N=C(C(F)F)Nc3c2oc2ccccc32)C1. The molecule has 0 bridgehead atoms. The number of anilines is 1. The molecule has 2 aromatic heterocycles. The Hall–Kier alpha value is -3.16. The van der Waals surface area contributed by atoms with E-state index in [-0.39, 0.29) is 53.1 Å². The van der Waals surface area contributed by atoms with Crippen molar-refractivity contribution < 1.29 is 36.4 Å². The molecule has 2 N–H and O–H groups in total. The Balaban J connectivity index is 1.34. The maximum absolute atomic E-state index is 16.4. The fourth-order valence-electron chi connectivity index (χ4n) is 5.86. The highest BCUT2D eigenvalue weighted by atomic mass is 35.5. The molecule has 0 radical (unpaired) electrons. The molecule has 2 unspecified atom stereocenters. The van der Waals surface area contributed by atoms with Crippen molar-refractivity contribution in [1.82, 2.24) is 9.88 Å². The van der Waals surface area contributed by atoms with Crippen LogP contribution in [0.25, 0.3) is 11.0 Å². The number of halogens is 4. The number of ether oxygens (including phenoxy) is 1. The smallest absolute Gasteiger partial charge is 0.321 e. The van der Waals surface area contributed by atoms with Crippen LogP contribution in [0.5, 0.6) is 5.88 Å². The lowest BCUT2D eigenvalue weighted by atomic mass is 9.83. The maximum atomic E-state index is 16.4. The fourth-order valence-corrected chi connectivity index (χ4v) is 7.53. The largest absolute Gasteiger partial charge is 0.480 e. The monoisotopic (exact) mass is 610 g/mol. The van der Waals surface area contributed by atoms with E-state index in [2.05, 4.69) is 15.3 Å². The first-order chi connectivity index (χ1) is 19.5. The van der Waals surface area contributed by atoms with Gasteiger partial charge in [0.05, 0.1) is 16.3 Å². The van der Waals surface area contributed by atoms with E-state index in [9.17, 15) is 22.9 Å². The molecule has 6 rings (SSSR count). The van der Waals surface area contributed by atoms with Crippen LogP contribution in [0.3, 0.4) is 0 Å². The van der Waals surface area contributed by atoms with Gasteiger partial charge in [0.1, 0.15) is 23.4 Å². The number of aliphatic imine (C=N–C) groups is 1. The highest BCUT2D eigenvalue weighted by molar-refractivity contribution is 7.85. The summed E-state index contributed by atoms with van der Waals surface area (Å²) >= 11 is 6.18. The van der Waals surface area contributed by atoms with Gasteiger partial charge in [0.15, 0.2) is 17.8 Å². The summed E-state index contributed by atoms with van der Waals surface area (Å²) in [5.74, 6) is -1.90. The number of furan rings is 1. The van der Waals surface area contributed by atoms with Crippen LogP contribution in [-0.2, 0) is 21.3 Å². The van der Waals surface area contributed by atoms with Gasteiger partial charge in [-0.15, -0.1) is 0 Å². The van der Waals surface area contributed by atoms with Gasteiger partial charge in [-0.2, -0.15) is 0 Å². The number of nitrogens with zero attached hydrogens (tertiary/aromatic N) is 3. The molecule has 14 heteroatoms. The number of amidine groups is 1. The summed E-state index contributed by atoms with van der Waals surface area (Å²) in [6.45, 7) is 1.63. The number of para-hydroxylation sites is 1. The number of rotatable bonds is 6. The minimum Gasteiger partial charge on any atom is -0.480 e. The summed E-state index contributed by atoms with van der Waals surface area (Å²) in [7, 11) is -1.14. The Kier molecular flexibility index (Phi) is 7.23. The van der Waals surface area contributed by atoms with Crippen molar-refractivity contribution in [3.63, 3.8) is 0 Å². The summed E-state index contributed by atoms with van der Waals surface area (Å²) in [6.07, 6.45) is -3.65. The average Bonchev–Trinajstić information content (AvgIpc) is 3.53. The van der Waals surface area contributed by atoms with Gasteiger partial charge >= 0.3 is 5.97 Å². The lowest BCUT2D eigenvalue weighted by Gasteiger charge is -2.36. The lowest BCUT2D eigenvalue weighted by Crippen LogP contribution is -2.41. The molecule has 9 nitrogen and oxygen atoms in total. The molecule has 0 amide bonds. The van der Waals surface area contributed by atoms with Crippen LogP contribution in [-0.4, -0.2) is 67.6 Å². The zero-order valence-corrected chi connectivity index (χ0v) is 23.3.